The average molecular weight is 327 g/mol. The van der Waals surface area contributed by atoms with Gasteiger partial charge in [-0.05, 0) is 12.5 Å². The fourth-order valence-corrected chi connectivity index (χ4v) is 6.04. The predicted molar refractivity (Wildman–Crippen MR) is 99.4 cm³/mol. The van der Waals surface area contributed by atoms with E-state index < -0.39 is 13.3 Å². The molecule has 0 spiro atoms. The van der Waals surface area contributed by atoms with Gasteiger partial charge in [-0.3, -0.25) is 0 Å². The molecule has 0 saturated carbocycles. The number of rotatable bonds is 7. The van der Waals surface area contributed by atoms with Crippen LogP contribution in [0.3, 0.4) is 0 Å². The van der Waals surface area contributed by atoms with Crippen LogP contribution in [0.5, 0.6) is 0 Å². The van der Waals surface area contributed by atoms with Gasteiger partial charge in [0, 0.05) is 0 Å². The maximum atomic E-state index is 11.4. The zero-order valence-corrected chi connectivity index (χ0v) is 15.2. The van der Waals surface area contributed by atoms with Gasteiger partial charge in [0.2, 0.25) is 0 Å². The first kappa shape index (κ1) is 17.7. The Morgan fingerprint density at radius 2 is 1.61 bits per heavy atom. The maximum absolute atomic E-state index is 11.4. The quantitative estimate of drug-likeness (QED) is 0.621. The molecular formula is C20H26O2Si. The van der Waals surface area contributed by atoms with Gasteiger partial charge >= 0.3 is 0 Å². The first-order valence-corrected chi connectivity index (χ1v) is 11.0. The minimum Gasteiger partial charge on any atom is -0.386 e. The summed E-state index contributed by atoms with van der Waals surface area (Å²) in [4.78, 5) is 0. The Hall–Kier alpha value is -1.68. The van der Waals surface area contributed by atoms with Gasteiger partial charge in [0.25, 0.3) is 0 Å². The first-order valence-electron chi connectivity index (χ1n) is 7.99. The van der Waals surface area contributed by atoms with Gasteiger partial charge in [-0.2, -0.15) is 0 Å². The van der Waals surface area contributed by atoms with Crippen molar-refractivity contribution in [3.8, 4) is 0 Å². The molecule has 0 saturated heterocycles. The van der Waals surface area contributed by atoms with E-state index in [1.165, 1.54) is 5.19 Å². The molecule has 0 bridgehead atoms. The Morgan fingerprint density at radius 1 is 1.09 bits per heavy atom. The number of ether oxygens (including phenoxy) is 1. The van der Waals surface area contributed by atoms with E-state index in [1.54, 1.807) is 6.08 Å². The van der Waals surface area contributed by atoms with Gasteiger partial charge in [0.1, 0.15) is 13.3 Å². The number of aliphatic hydroxyl groups is 1. The van der Waals surface area contributed by atoms with Crippen LogP contribution in [0.1, 0.15) is 12.5 Å². The molecule has 0 aliphatic rings. The molecule has 3 heteroatoms. The summed E-state index contributed by atoms with van der Waals surface area (Å²) in [5, 5.41) is 11.5. The maximum Gasteiger partial charge on any atom is 0.125 e. The molecule has 1 N–H and O–H groups in total. The highest BCUT2D eigenvalue weighted by molar-refractivity contribution is 6.92. The smallest absolute Gasteiger partial charge is 0.125 e. The lowest BCUT2D eigenvalue weighted by Crippen LogP contribution is -2.66. The molecule has 2 atom stereocenters. The summed E-state index contributed by atoms with van der Waals surface area (Å²) in [6.07, 6.45) is 1.34. The van der Waals surface area contributed by atoms with E-state index in [-0.39, 0.29) is 6.10 Å². The fraction of sp³-hybridized carbons (Fsp3) is 0.300. The van der Waals surface area contributed by atoms with Gasteiger partial charge in [-0.15, -0.1) is 6.58 Å². The van der Waals surface area contributed by atoms with E-state index in [0.29, 0.717) is 6.61 Å². The van der Waals surface area contributed by atoms with Crippen LogP contribution in [0.15, 0.2) is 73.3 Å². The van der Waals surface area contributed by atoms with Gasteiger partial charge in [-0.25, -0.2) is 0 Å². The summed E-state index contributed by atoms with van der Waals surface area (Å²) in [6, 6.07) is 20.2. The number of hydrogen-bond acceptors (Lipinski definition) is 2. The molecule has 0 amide bonds. The largest absolute Gasteiger partial charge is 0.386 e. The van der Waals surface area contributed by atoms with Gasteiger partial charge in [-0.1, -0.05) is 85.0 Å². The van der Waals surface area contributed by atoms with E-state index in [9.17, 15) is 5.11 Å². The van der Waals surface area contributed by atoms with E-state index in [2.05, 4.69) is 31.8 Å². The highest BCUT2D eigenvalue weighted by atomic mass is 28.3. The Balaban J connectivity index is 2.20. The number of benzene rings is 2. The lowest BCUT2D eigenvalue weighted by atomic mass is 10.2. The van der Waals surface area contributed by atoms with Crippen molar-refractivity contribution in [2.75, 3.05) is 0 Å². The number of hydrogen-bond donors (Lipinski definition) is 1. The van der Waals surface area contributed by atoms with Crippen molar-refractivity contribution in [3.05, 3.63) is 78.9 Å². The second-order valence-electron chi connectivity index (χ2n) is 6.46. The third-order valence-electron chi connectivity index (χ3n) is 4.77. The zero-order chi connectivity index (χ0) is 16.9. The molecule has 2 aromatic carbocycles. The lowest BCUT2D eigenvalue weighted by molar-refractivity contribution is -0.0408. The van der Waals surface area contributed by atoms with E-state index in [4.69, 9.17) is 4.74 Å². The summed E-state index contributed by atoms with van der Waals surface area (Å²) in [5.41, 5.74) is 1.10. The highest BCUT2D eigenvalue weighted by Crippen LogP contribution is 2.28. The molecule has 23 heavy (non-hydrogen) atoms. The van der Waals surface area contributed by atoms with Gasteiger partial charge < -0.3 is 9.84 Å². The monoisotopic (exact) mass is 326 g/mol. The van der Waals surface area contributed by atoms with Crippen molar-refractivity contribution in [1.29, 1.82) is 0 Å². The summed E-state index contributed by atoms with van der Waals surface area (Å²) in [7, 11) is -2.22. The standard InChI is InChI=1S/C20H26O2Si/c1-5-20(21,23(3,4)19-14-10-7-11-15-19)17(2)22-16-18-12-8-6-9-13-18/h5-15,17,21H,1,16H2,2-4H3/t17-,20?/m0/s1. The van der Waals surface area contributed by atoms with Crippen molar-refractivity contribution < 1.29 is 9.84 Å². The minimum atomic E-state index is -2.22. The lowest BCUT2D eigenvalue weighted by Gasteiger charge is -2.43. The molecule has 0 aromatic heterocycles. The molecule has 2 aromatic rings. The summed E-state index contributed by atoms with van der Waals surface area (Å²) >= 11 is 0. The second kappa shape index (κ2) is 7.26. The summed E-state index contributed by atoms with van der Waals surface area (Å²) in [5.74, 6) is 0. The van der Waals surface area contributed by atoms with Crippen LogP contribution in [0.2, 0.25) is 13.1 Å². The third kappa shape index (κ3) is 3.63. The molecule has 0 radical (unpaired) electrons. The van der Waals surface area contributed by atoms with Crippen molar-refractivity contribution in [2.45, 2.75) is 38.0 Å². The van der Waals surface area contributed by atoms with Crippen molar-refractivity contribution in [3.63, 3.8) is 0 Å². The van der Waals surface area contributed by atoms with Crippen LogP contribution >= 0.6 is 0 Å². The molecule has 0 aliphatic heterocycles. The van der Waals surface area contributed by atoms with Crippen molar-refractivity contribution in [2.24, 2.45) is 0 Å². The van der Waals surface area contributed by atoms with E-state index in [0.717, 1.165) is 5.56 Å². The Morgan fingerprint density at radius 3 is 2.13 bits per heavy atom. The SMILES string of the molecule is C=CC(O)([C@H](C)OCc1ccccc1)[Si](C)(C)c1ccccc1. The molecular weight excluding hydrogens is 300 g/mol. The van der Waals surface area contributed by atoms with Gasteiger partial charge in [0.05, 0.1) is 12.7 Å². The van der Waals surface area contributed by atoms with E-state index >= 15 is 0 Å². The topological polar surface area (TPSA) is 29.5 Å². The van der Waals surface area contributed by atoms with Crippen LogP contribution in [0, 0.1) is 0 Å². The van der Waals surface area contributed by atoms with E-state index in [1.807, 2.05) is 55.5 Å². The molecule has 2 rings (SSSR count). The second-order valence-corrected chi connectivity index (χ2v) is 11.1. The Labute approximate surface area is 140 Å². The fourth-order valence-electron chi connectivity index (χ4n) is 2.94. The average Bonchev–Trinajstić information content (AvgIpc) is 2.60. The molecule has 0 heterocycles. The molecule has 122 valence electrons. The Kier molecular flexibility index (Phi) is 5.58. The molecule has 2 nitrogen and oxygen atoms in total. The highest BCUT2D eigenvalue weighted by Gasteiger charge is 2.48. The van der Waals surface area contributed by atoms with Crippen LogP contribution < -0.4 is 5.19 Å². The van der Waals surface area contributed by atoms with Crippen LogP contribution in [0.4, 0.5) is 0 Å². The molecule has 1 unspecified atom stereocenters. The summed E-state index contributed by atoms with van der Waals surface area (Å²) in [6.45, 7) is 10.6. The van der Waals surface area contributed by atoms with Crippen molar-refractivity contribution in [1.82, 2.24) is 0 Å². The van der Waals surface area contributed by atoms with Crippen LogP contribution in [0.25, 0.3) is 0 Å². The van der Waals surface area contributed by atoms with Gasteiger partial charge in [0.15, 0.2) is 0 Å². The minimum absolute atomic E-state index is 0.331. The van der Waals surface area contributed by atoms with Crippen LogP contribution in [-0.2, 0) is 11.3 Å². The Bertz CT molecular complexity index is 625. The van der Waals surface area contributed by atoms with Crippen LogP contribution in [-0.4, -0.2) is 24.5 Å². The normalized spacial score (nSPS) is 15.7. The predicted octanol–water partition coefficient (Wildman–Crippen LogP) is 3.66. The zero-order valence-electron chi connectivity index (χ0n) is 14.2. The molecule has 0 fully saturated rings. The van der Waals surface area contributed by atoms with Crippen molar-refractivity contribution >= 4 is 13.3 Å². The first-order chi connectivity index (χ1) is 10.9. The third-order valence-corrected chi connectivity index (χ3v) is 9.16. The summed E-state index contributed by atoms with van der Waals surface area (Å²) < 4.78 is 6.01. The molecule has 0 aliphatic carbocycles.